The van der Waals surface area contributed by atoms with E-state index in [1.807, 2.05) is 13.1 Å². The molecule has 1 aromatic rings. The average Bonchev–Trinajstić information content (AvgIpc) is 2.75. The van der Waals surface area contributed by atoms with Crippen molar-refractivity contribution < 1.29 is 4.79 Å². The van der Waals surface area contributed by atoms with Crippen molar-refractivity contribution in [3.63, 3.8) is 0 Å². The van der Waals surface area contributed by atoms with E-state index in [4.69, 9.17) is 0 Å². The Labute approximate surface area is 109 Å². The van der Waals surface area contributed by atoms with Crippen molar-refractivity contribution in [2.45, 2.75) is 25.8 Å². The highest BCUT2D eigenvalue weighted by Gasteiger charge is 2.22. The summed E-state index contributed by atoms with van der Waals surface area (Å²) < 4.78 is 0. The number of hydrogen-bond acceptors (Lipinski definition) is 4. The van der Waals surface area contributed by atoms with Crippen LogP contribution in [-0.2, 0) is 0 Å². The summed E-state index contributed by atoms with van der Waals surface area (Å²) >= 11 is 0. The smallest absolute Gasteiger partial charge is 0.159 e. The van der Waals surface area contributed by atoms with Crippen molar-refractivity contribution in [1.82, 2.24) is 9.88 Å². The molecule has 2 rings (SSSR count). The Morgan fingerprint density at radius 2 is 2.39 bits per heavy atom. The van der Waals surface area contributed by atoms with Crippen molar-refractivity contribution in [3.05, 3.63) is 23.9 Å². The van der Waals surface area contributed by atoms with E-state index in [1.165, 1.54) is 19.4 Å². The minimum Gasteiger partial charge on any atom is -0.358 e. The number of ketones is 1. The van der Waals surface area contributed by atoms with Crippen LogP contribution in [0.4, 0.5) is 5.82 Å². The van der Waals surface area contributed by atoms with Gasteiger partial charge in [-0.2, -0.15) is 0 Å². The van der Waals surface area contributed by atoms with Crippen LogP contribution in [-0.4, -0.2) is 48.9 Å². The minimum absolute atomic E-state index is 0.0880. The van der Waals surface area contributed by atoms with Crippen molar-refractivity contribution in [2.24, 2.45) is 0 Å². The van der Waals surface area contributed by atoms with E-state index < -0.39 is 0 Å². The number of pyridine rings is 1. The molecule has 0 aliphatic carbocycles. The van der Waals surface area contributed by atoms with E-state index >= 15 is 0 Å². The number of hydrogen-bond donors (Lipinski definition) is 0. The largest absolute Gasteiger partial charge is 0.358 e. The van der Waals surface area contributed by atoms with Gasteiger partial charge in [0.1, 0.15) is 5.82 Å². The maximum absolute atomic E-state index is 11.4. The van der Waals surface area contributed by atoms with E-state index in [0.29, 0.717) is 6.04 Å². The van der Waals surface area contributed by atoms with Gasteiger partial charge < -0.3 is 9.80 Å². The normalized spacial score (nSPS) is 20.1. The fraction of sp³-hybridized carbons (Fsp3) is 0.571. The summed E-state index contributed by atoms with van der Waals surface area (Å²) in [4.78, 5) is 20.2. The van der Waals surface area contributed by atoms with Crippen LogP contribution in [0.1, 0.15) is 30.1 Å². The first-order valence-electron chi connectivity index (χ1n) is 6.46. The third-order valence-electron chi connectivity index (χ3n) is 3.70. The molecule has 0 spiro atoms. The van der Waals surface area contributed by atoms with Crippen LogP contribution < -0.4 is 4.90 Å². The van der Waals surface area contributed by atoms with Gasteiger partial charge in [-0.05, 0) is 45.5 Å². The molecule has 1 unspecified atom stereocenters. The number of nitrogens with zero attached hydrogens (tertiary/aromatic N) is 3. The molecule has 98 valence electrons. The van der Waals surface area contributed by atoms with Gasteiger partial charge in [-0.15, -0.1) is 0 Å². The van der Waals surface area contributed by atoms with Gasteiger partial charge in [-0.25, -0.2) is 4.98 Å². The predicted octanol–water partition coefficient (Wildman–Crippen LogP) is 1.81. The van der Waals surface area contributed by atoms with Crippen molar-refractivity contribution in [3.8, 4) is 0 Å². The van der Waals surface area contributed by atoms with E-state index in [1.54, 1.807) is 19.2 Å². The van der Waals surface area contributed by atoms with Gasteiger partial charge in [-0.1, -0.05) is 0 Å². The Morgan fingerprint density at radius 3 is 3.00 bits per heavy atom. The van der Waals surface area contributed by atoms with Gasteiger partial charge in [-0.3, -0.25) is 4.79 Å². The first-order chi connectivity index (χ1) is 8.58. The van der Waals surface area contributed by atoms with Crippen LogP contribution in [0.2, 0.25) is 0 Å². The Balaban J connectivity index is 2.06. The highest BCUT2D eigenvalue weighted by Crippen LogP contribution is 2.18. The molecule has 1 aliphatic rings. The second-order valence-electron chi connectivity index (χ2n) is 5.12. The highest BCUT2D eigenvalue weighted by molar-refractivity contribution is 5.94. The van der Waals surface area contributed by atoms with E-state index in [-0.39, 0.29) is 5.78 Å². The zero-order valence-electron chi connectivity index (χ0n) is 11.4. The molecule has 0 bridgehead atoms. The van der Waals surface area contributed by atoms with Crippen LogP contribution in [0.25, 0.3) is 0 Å². The molecule has 4 heteroatoms. The van der Waals surface area contributed by atoms with E-state index in [2.05, 4.69) is 21.8 Å². The van der Waals surface area contributed by atoms with Crippen LogP contribution in [0.5, 0.6) is 0 Å². The molecular formula is C14H21N3O. The molecule has 0 radical (unpaired) electrons. The molecule has 1 aliphatic heterocycles. The number of aromatic nitrogens is 1. The topological polar surface area (TPSA) is 36.4 Å². The fourth-order valence-electron chi connectivity index (χ4n) is 2.47. The Kier molecular flexibility index (Phi) is 3.97. The lowest BCUT2D eigenvalue weighted by Gasteiger charge is -2.26. The Hall–Kier alpha value is -1.42. The lowest BCUT2D eigenvalue weighted by atomic mass is 10.2. The second kappa shape index (κ2) is 5.48. The first kappa shape index (κ1) is 13.0. The molecular weight excluding hydrogens is 226 g/mol. The zero-order chi connectivity index (χ0) is 13.1. The fourth-order valence-corrected chi connectivity index (χ4v) is 2.47. The number of carbonyl (C=O) groups excluding carboxylic acids is 1. The number of rotatable bonds is 4. The molecule has 0 aromatic carbocycles. The standard InChI is InChI=1S/C14H21N3O/c1-11(18)12-6-7-15-14(9-12)17(3)10-13-5-4-8-16(13)2/h6-7,9,13H,4-5,8,10H2,1-3H3. The SMILES string of the molecule is CC(=O)c1ccnc(N(C)CC2CCCN2C)c1. The number of Topliss-reactive ketones (excluding diaryl/α,β-unsaturated/α-hetero) is 1. The molecule has 0 N–H and O–H groups in total. The van der Waals surface area contributed by atoms with Crippen molar-refractivity contribution >= 4 is 11.6 Å². The van der Waals surface area contributed by atoms with Crippen molar-refractivity contribution in [2.75, 3.05) is 32.1 Å². The van der Waals surface area contributed by atoms with Crippen LogP contribution in [0.15, 0.2) is 18.3 Å². The third kappa shape index (κ3) is 2.88. The summed E-state index contributed by atoms with van der Waals surface area (Å²) in [7, 11) is 4.21. The summed E-state index contributed by atoms with van der Waals surface area (Å²) in [5, 5.41) is 0. The quantitative estimate of drug-likeness (QED) is 0.760. The maximum atomic E-state index is 11.4. The summed E-state index contributed by atoms with van der Waals surface area (Å²) in [6, 6.07) is 4.23. The highest BCUT2D eigenvalue weighted by atomic mass is 16.1. The summed E-state index contributed by atoms with van der Waals surface area (Å²) in [6.45, 7) is 3.73. The molecule has 0 amide bonds. The third-order valence-corrected chi connectivity index (χ3v) is 3.70. The molecule has 4 nitrogen and oxygen atoms in total. The molecule has 2 heterocycles. The molecule has 1 fully saturated rings. The van der Waals surface area contributed by atoms with Gasteiger partial charge >= 0.3 is 0 Å². The van der Waals surface area contributed by atoms with Gasteiger partial charge in [0, 0.05) is 31.4 Å². The maximum Gasteiger partial charge on any atom is 0.159 e. The average molecular weight is 247 g/mol. The van der Waals surface area contributed by atoms with Crippen LogP contribution >= 0.6 is 0 Å². The first-order valence-corrected chi connectivity index (χ1v) is 6.46. The minimum atomic E-state index is 0.0880. The van der Waals surface area contributed by atoms with E-state index in [0.717, 1.165) is 17.9 Å². The van der Waals surface area contributed by atoms with Gasteiger partial charge in [0.05, 0.1) is 0 Å². The van der Waals surface area contributed by atoms with Crippen molar-refractivity contribution in [1.29, 1.82) is 0 Å². The Bertz CT molecular complexity index is 433. The number of carbonyl (C=O) groups is 1. The second-order valence-corrected chi connectivity index (χ2v) is 5.12. The zero-order valence-corrected chi connectivity index (χ0v) is 11.4. The molecule has 18 heavy (non-hydrogen) atoms. The van der Waals surface area contributed by atoms with E-state index in [9.17, 15) is 4.79 Å². The molecule has 1 aromatic heterocycles. The van der Waals surface area contributed by atoms with Gasteiger partial charge in [0.2, 0.25) is 0 Å². The lowest BCUT2D eigenvalue weighted by molar-refractivity contribution is 0.101. The Morgan fingerprint density at radius 1 is 1.61 bits per heavy atom. The molecule has 1 saturated heterocycles. The summed E-state index contributed by atoms with van der Waals surface area (Å²) in [6.07, 6.45) is 4.23. The van der Waals surface area contributed by atoms with Gasteiger partial charge in [0.15, 0.2) is 5.78 Å². The lowest BCUT2D eigenvalue weighted by Crippen LogP contribution is -2.37. The molecule has 0 saturated carbocycles. The monoisotopic (exact) mass is 247 g/mol. The summed E-state index contributed by atoms with van der Waals surface area (Å²) in [5.41, 5.74) is 0.728. The van der Waals surface area contributed by atoms with Crippen LogP contribution in [0, 0.1) is 0 Å². The molecule has 1 atom stereocenters. The predicted molar refractivity (Wildman–Crippen MR) is 73.2 cm³/mol. The number of anilines is 1. The number of likely N-dealkylation sites (tertiary alicyclic amines) is 1. The van der Waals surface area contributed by atoms with Crippen LogP contribution in [0.3, 0.4) is 0 Å². The number of likely N-dealkylation sites (N-methyl/N-ethyl adjacent to an activating group) is 2. The van der Waals surface area contributed by atoms with Gasteiger partial charge in [0.25, 0.3) is 0 Å². The summed E-state index contributed by atoms with van der Waals surface area (Å²) in [5.74, 6) is 0.966.